The molecular weight excluding hydrogens is 1690 g/mol. The summed E-state index contributed by atoms with van der Waals surface area (Å²) >= 11 is 0.787. The standard InChI is InChI=1S/C87H117N21O20S/c1-8-10-12-23-69-87(128)105(6)67(22-11-9-2)80(121)95-47(3)74(115)103-66(76(117)93-41-71(88)112)44-129-45-73(114)96-62(32-49-25-27-53(110)28-26-49)83(124)104(5)48(4)75(116)100-64-37-72(113)90-30-29-59(97-78(119)61(35-52-40-89-46-94-52)99-81(122)68-24-17-31-107(68)86(64)127)85(126)108-42-54(111)36-70(108)82(123)98-60(33-50-38-91-57-20-15-13-18-55(50)57)77(118)102-65(43-109)79(120)101-63(84(125)106(69)7)34-51-39-92-58-21-16-14-19-56(51)58/h13-16,18-21,25-28,38-40,46-48,54,59-70,91-92,109-111H,8-12,17,22-24,29-37,41-45H2,1-7H3,(H2,88,112)(H,89,94)(H,90,113)(H,93,117)(H,95,121)(H,96,114)(H,97,119)(H,98,123)(H,99,122)(H,100,116)(H,101,120)(H,102,118)(H,103,115)/t47-,48-,54+,59-,60-,61-,62-,63-,64-,65-,66-,67-,68-,69-,70-/m0/s1. The number of nitrogens with zero attached hydrogens (tertiary/aromatic N) is 6. The first-order valence-electron chi connectivity index (χ1n) is 43.3. The fourth-order valence-electron chi connectivity index (χ4n) is 16.3. The molecule has 6 aromatic rings. The van der Waals surface area contributed by atoms with Crippen LogP contribution in [0, 0.1) is 0 Å². The van der Waals surface area contributed by atoms with E-state index in [1.807, 2.05) is 13.8 Å². The van der Waals surface area contributed by atoms with Crippen LogP contribution in [0.1, 0.15) is 127 Å². The molecule has 696 valence electrons. The highest BCUT2D eigenvalue weighted by molar-refractivity contribution is 8.00. The van der Waals surface area contributed by atoms with Gasteiger partial charge < -0.3 is 119 Å². The van der Waals surface area contributed by atoms with Gasteiger partial charge in [-0.25, -0.2) is 4.98 Å². The summed E-state index contributed by atoms with van der Waals surface area (Å²) in [5.74, 6) is -16.8. The lowest BCUT2D eigenvalue weighted by Gasteiger charge is -2.36. The molecule has 3 aromatic carbocycles. The van der Waals surface area contributed by atoms with Gasteiger partial charge in [0.25, 0.3) is 0 Å². The van der Waals surface area contributed by atoms with Crippen LogP contribution in [-0.4, -0.2) is 316 Å². The molecule has 42 heteroatoms. The highest BCUT2D eigenvalue weighted by atomic mass is 32.2. The predicted molar refractivity (Wildman–Crippen MR) is 470 cm³/mol. The lowest BCUT2D eigenvalue weighted by molar-refractivity contribution is -0.149. The van der Waals surface area contributed by atoms with Crippen LogP contribution < -0.4 is 64.2 Å². The number of fused-ring (bicyclic) bond motifs is 10. The molecule has 4 aliphatic rings. The first-order valence-corrected chi connectivity index (χ1v) is 44.5. The first kappa shape index (κ1) is 98.2. The normalized spacial score (nSPS) is 26.0. The van der Waals surface area contributed by atoms with E-state index in [4.69, 9.17) is 5.73 Å². The van der Waals surface area contributed by atoms with Gasteiger partial charge in [0.2, 0.25) is 100 Å². The molecular formula is C87H117N21O20S. The lowest BCUT2D eigenvalue weighted by Crippen LogP contribution is -2.61. The Kier molecular flexibility index (Phi) is 35.1. The van der Waals surface area contributed by atoms with Crippen molar-refractivity contribution in [1.82, 2.24) is 103 Å². The van der Waals surface area contributed by atoms with Gasteiger partial charge in [-0.05, 0) is 86.9 Å². The summed E-state index contributed by atoms with van der Waals surface area (Å²) in [4.78, 5) is 269. The topological polar surface area (TPSA) is 586 Å². The zero-order chi connectivity index (χ0) is 93.4. The SMILES string of the molecule is CCCCC[C@H]1C(=O)N(C)[C@@H](CCCC)C(=O)N[C@@H](C)C(=O)N[C@H](C(=O)NCC(N)=O)CSCC(=O)N[C@@H](Cc2ccc(O)cc2)C(=O)N(C)[C@@H](C)C(=O)N[C@H]2CC(=O)NCC[C@H](NC(=O)[C@H](Cc3cnc[nH]3)NC(=O)[C@@H]3CCCN3C2=O)C(=O)N2C[C@H](O)C[C@H]2C(=O)N[C@@H](Cc2c[nH]c3ccccc23)C(=O)N[C@@H](CO)C(=O)N[C@@H](Cc2c[nH]c3ccccc23)C(=O)N1C. The molecule has 15 atom stereocenters. The van der Waals surface area contributed by atoms with Crippen LogP contribution in [0.5, 0.6) is 5.75 Å². The Morgan fingerprint density at radius 2 is 1.12 bits per heavy atom. The smallest absolute Gasteiger partial charge is 0.246 e. The molecule has 2 bridgehead atoms. The first-order chi connectivity index (χ1) is 61.7. The zero-order valence-electron chi connectivity index (χ0n) is 73.1. The Morgan fingerprint density at radius 3 is 1.77 bits per heavy atom. The number of unbranched alkanes of at least 4 members (excludes halogenated alkanes) is 3. The van der Waals surface area contributed by atoms with Crippen molar-refractivity contribution in [3.05, 3.63) is 120 Å². The number of hydrogen-bond donors (Lipinski definition) is 18. The maximum atomic E-state index is 15.7. The second-order valence-electron chi connectivity index (χ2n) is 33.1. The van der Waals surface area contributed by atoms with E-state index in [0.29, 0.717) is 76.3 Å². The minimum absolute atomic E-state index is 0.0202. The summed E-state index contributed by atoms with van der Waals surface area (Å²) in [6.45, 7) is 3.49. The Balaban J connectivity index is 1.03. The van der Waals surface area contributed by atoms with E-state index >= 15 is 33.6 Å². The highest BCUT2D eigenvalue weighted by Gasteiger charge is 2.47. The third-order valence-corrected chi connectivity index (χ3v) is 24.8. The van der Waals surface area contributed by atoms with E-state index in [9.17, 15) is 63.3 Å². The van der Waals surface area contributed by atoms with Gasteiger partial charge in [-0.2, -0.15) is 0 Å². The molecule has 3 aromatic heterocycles. The summed E-state index contributed by atoms with van der Waals surface area (Å²) in [5, 5.41) is 63.2. The quantitative estimate of drug-likeness (QED) is 0.0364. The number of imidazole rings is 1. The summed E-state index contributed by atoms with van der Waals surface area (Å²) in [6, 6.07) is -2.14. The number of carbonyl (C=O) groups is 17. The Morgan fingerprint density at radius 1 is 0.550 bits per heavy atom. The monoisotopic (exact) mass is 1810 g/mol. The third-order valence-electron chi connectivity index (χ3n) is 23.7. The van der Waals surface area contributed by atoms with Crippen LogP contribution in [0.25, 0.3) is 21.8 Å². The van der Waals surface area contributed by atoms with Crippen molar-refractivity contribution in [1.29, 1.82) is 0 Å². The molecule has 0 radical (unpaired) electrons. The highest BCUT2D eigenvalue weighted by Crippen LogP contribution is 2.28. The molecule has 4 fully saturated rings. The summed E-state index contributed by atoms with van der Waals surface area (Å²) in [5.41, 5.74) is 8.38. The van der Waals surface area contributed by atoms with Crippen molar-refractivity contribution in [2.24, 2.45) is 5.73 Å². The van der Waals surface area contributed by atoms with Crippen molar-refractivity contribution < 1.29 is 96.8 Å². The van der Waals surface area contributed by atoms with Gasteiger partial charge in [0.05, 0.1) is 37.8 Å². The number of likely N-dealkylation sites (N-methyl/N-ethyl adjacent to an activating group) is 3. The third kappa shape index (κ3) is 25.9. The molecule has 17 amide bonds. The van der Waals surface area contributed by atoms with Gasteiger partial charge in [-0.15, -0.1) is 11.8 Å². The van der Waals surface area contributed by atoms with Gasteiger partial charge in [-0.3, -0.25) is 81.5 Å². The van der Waals surface area contributed by atoms with Crippen LogP contribution in [0.15, 0.2) is 97.7 Å². The summed E-state index contributed by atoms with van der Waals surface area (Å²) in [7, 11) is 3.96. The Labute approximate surface area is 748 Å². The molecule has 0 spiro atoms. The molecule has 129 heavy (non-hydrogen) atoms. The average Bonchev–Trinajstić information content (AvgIpc) is 1.71. The number of benzene rings is 3. The van der Waals surface area contributed by atoms with E-state index in [1.54, 1.807) is 60.9 Å². The molecule has 19 N–H and O–H groups in total. The largest absolute Gasteiger partial charge is 0.508 e. The molecule has 4 saturated heterocycles. The number of nitrogens with two attached hydrogens (primary N) is 1. The number of aromatic hydroxyl groups is 1. The molecule has 10 rings (SSSR count). The fourth-order valence-corrected chi connectivity index (χ4v) is 17.1. The molecule has 4 aliphatic heterocycles. The van der Waals surface area contributed by atoms with E-state index in [1.165, 1.54) is 76.7 Å². The number of rotatable bonds is 19. The molecule has 0 aliphatic carbocycles. The Hall–Kier alpha value is -13.0. The summed E-state index contributed by atoms with van der Waals surface area (Å²) < 4.78 is 0. The van der Waals surface area contributed by atoms with E-state index in [2.05, 4.69) is 78.4 Å². The van der Waals surface area contributed by atoms with Crippen molar-refractivity contribution in [3.63, 3.8) is 0 Å². The lowest BCUT2D eigenvalue weighted by atomic mass is 9.99. The summed E-state index contributed by atoms with van der Waals surface area (Å²) in [6.07, 6.45) is 4.45. The minimum Gasteiger partial charge on any atom is -0.508 e. The number of phenolic OH excluding ortho intramolecular Hbond substituents is 1. The van der Waals surface area contributed by atoms with Crippen molar-refractivity contribution in [2.45, 2.75) is 221 Å². The van der Waals surface area contributed by atoms with E-state index in [0.717, 1.165) is 31.4 Å². The van der Waals surface area contributed by atoms with Gasteiger partial charge in [0.1, 0.15) is 90.3 Å². The number of amides is 17. The Bertz CT molecular complexity index is 5050. The number of carbonyl (C=O) groups excluding carboxylic acids is 17. The minimum atomic E-state index is -1.89. The maximum absolute atomic E-state index is 15.7. The number of H-pyrrole nitrogens is 3. The number of hydrogen-bond acceptors (Lipinski definition) is 22. The number of nitrogens with one attached hydrogen (secondary N) is 14. The molecule has 41 nitrogen and oxygen atoms in total. The van der Waals surface area contributed by atoms with Gasteiger partial charge in [0.15, 0.2) is 0 Å². The van der Waals surface area contributed by atoms with Crippen LogP contribution >= 0.6 is 11.8 Å². The van der Waals surface area contributed by atoms with Crippen LogP contribution in [-0.2, 0) is 107 Å². The number of primary amides is 1. The number of aromatic amines is 3. The number of aliphatic hydroxyl groups is 2. The number of phenols is 1. The molecule has 0 saturated carbocycles. The fraction of sp³-hybridized carbons (Fsp3) is 0.517. The average molecular weight is 1810 g/mol. The number of aliphatic hydroxyl groups excluding tert-OH is 2. The molecule has 0 unspecified atom stereocenters. The number of para-hydroxylation sites is 2. The number of thioether (sulfide) groups is 1. The number of aromatic nitrogens is 4. The second-order valence-corrected chi connectivity index (χ2v) is 34.1. The van der Waals surface area contributed by atoms with Gasteiger partial charge in [-0.1, -0.05) is 94.5 Å². The van der Waals surface area contributed by atoms with Crippen molar-refractivity contribution in [2.75, 3.05) is 65.4 Å². The molecule has 7 heterocycles. The van der Waals surface area contributed by atoms with Crippen LogP contribution in [0.4, 0.5) is 0 Å². The second kappa shape index (κ2) is 46.1. The van der Waals surface area contributed by atoms with E-state index in [-0.39, 0.29) is 63.7 Å². The van der Waals surface area contributed by atoms with Crippen molar-refractivity contribution in [3.8, 4) is 5.75 Å². The van der Waals surface area contributed by atoms with Gasteiger partial charge >= 0.3 is 0 Å². The van der Waals surface area contributed by atoms with E-state index < -0.39 is 248 Å². The van der Waals surface area contributed by atoms with Crippen molar-refractivity contribution >= 4 is 134 Å². The predicted octanol–water partition coefficient (Wildman–Crippen LogP) is -2.79. The zero-order valence-corrected chi connectivity index (χ0v) is 73.9. The van der Waals surface area contributed by atoms with Crippen LogP contribution in [0.2, 0.25) is 0 Å². The van der Waals surface area contributed by atoms with Crippen LogP contribution in [0.3, 0.4) is 0 Å². The maximum Gasteiger partial charge on any atom is 0.246 e. The van der Waals surface area contributed by atoms with Gasteiger partial charge in [0, 0.05) is 125 Å².